The van der Waals surface area contributed by atoms with E-state index in [1.54, 1.807) is 0 Å². The summed E-state index contributed by atoms with van der Waals surface area (Å²) in [6.07, 6.45) is 9.69. The molecule has 2 aliphatic heterocycles. The molecule has 0 radical (unpaired) electrons. The van der Waals surface area contributed by atoms with Crippen LogP contribution in [-0.4, -0.2) is 95.5 Å². The van der Waals surface area contributed by atoms with Gasteiger partial charge >= 0.3 is 0 Å². The van der Waals surface area contributed by atoms with E-state index in [1.807, 2.05) is 31.3 Å². The lowest BCUT2D eigenvalue weighted by Crippen LogP contribution is -2.54. The monoisotopic (exact) mass is 403 g/mol. The van der Waals surface area contributed by atoms with Gasteiger partial charge in [-0.1, -0.05) is 0 Å². The van der Waals surface area contributed by atoms with Crippen molar-refractivity contribution in [2.24, 2.45) is 4.99 Å². The number of likely N-dealkylation sites (tertiary alicyclic amines) is 1. The van der Waals surface area contributed by atoms with Crippen molar-refractivity contribution in [1.82, 2.24) is 29.6 Å². The maximum atomic E-state index is 12.5. The van der Waals surface area contributed by atoms with Gasteiger partial charge in [0.15, 0.2) is 5.96 Å². The minimum Gasteiger partial charge on any atom is -0.356 e. The topological polar surface area (TPSA) is 69.0 Å². The fourth-order valence-electron chi connectivity index (χ4n) is 4.13. The molecule has 2 fully saturated rings. The van der Waals surface area contributed by atoms with Crippen molar-refractivity contribution in [3.05, 3.63) is 18.2 Å². The van der Waals surface area contributed by atoms with E-state index in [0.29, 0.717) is 12.5 Å². The Balaban J connectivity index is 1.32. The summed E-state index contributed by atoms with van der Waals surface area (Å²) in [5.74, 6) is 2.35. The second kappa shape index (κ2) is 11.2. The van der Waals surface area contributed by atoms with E-state index in [-0.39, 0.29) is 0 Å². The minimum atomic E-state index is 0.300. The molecule has 0 saturated carbocycles. The quantitative estimate of drug-likeness (QED) is 0.421. The van der Waals surface area contributed by atoms with Crippen LogP contribution in [0, 0.1) is 6.92 Å². The van der Waals surface area contributed by atoms with E-state index < -0.39 is 0 Å². The summed E-state index contributed by atoms with van der Waals surface area (Å²) >= 11 is 0. The number of nitrogens with one attached hydrogen (secondary N) is 1. The van der Waals surface area contributed by atoms with Crippen molar-refractivity contribution in [1.29, 1.82) is 0 Å². The molecule has 0 unspecified atom stereocenters. The summed E-state index contributed by atoms with van der Waals surface area (Å²) in [5, 5.41) is 3.50. The van der Waals surface area contributed by atoms with Gasteiger partial charge in [0.25, 0.3) is 0 Å². The van der Waals surface area contributed by atoms with E-state index >= 15 is 0 Å². The van der Waals surface area contributed by atoms with Gasteiger partial charge in [-0.2, -0.15) is 0 Å². The van der Waals surface area contributed by atoms with Crippen molar-refractivity contribution >= 4 is 11.9 Å². The Kier molecular flexibility index (Phi) is 8.34. The van der Waals surface area contributed by atoms with E-state index in [4.69, 9.17) is 0 Å². The van der Waals surface area contributed by atoms with E-state index in [0.717, 1.165) is 89.8 Å². The standard InChI is InChI=1S/C21H37N7O/c1-19-23-9-13-26(19)10-7-4-8-24-21(22-2)28-16-14-25(15-17-28)18-20(29)27-11-5-3-6-12-27/h9,13H,3-8,10-12,14-18H2,1-2H3,(H,22,24). The number of aryl methyl sites for hydroxylation is 2. The van der Waals surface area contributed by atoms with Gasteiger partial charge in [0, 0.05) is 71.8 Å². The zero-order chi connectivity index (χ0) is 20.5. The number of aliphatic imine (C=N–C) groups is 1. The lowest BCUT2D eigenvalue weighted by molar-refractivity contribution is -0.133. The number of piperazine rings is 1. The number of amides is 1. The average molecular weight is 404 g/mol. The van der Waals surface area contributed by atoms with E-state index in [2.05, 4.69) is 29.7 Å². The van der Waals surface area contributed by atoms with Crippen LogP contribution in [0.3, 0.4) is 0 Å². The third-order valence-electron chi connectivity index (χ3n) is 5.98. The molecule has 2 saturated heterocycles. The maximum absolute atomic E-state index is 12.5. The van der Waals surface area contributed by atoms with Gasteiger partial charge in [-0.15, -0.1) is 0 Å². The molecule has 3 rings (SSSR count). The smallest absolute Gasteiger partial charge is 0.236 e. The van der Waals surface area contributed by atoms with Crippen molar-refractivity contribution in [2.75, 3.05) is 59.4 Å². The average Bonchev–Trinajstić information content (AvgIpc) is 3.17. The maximum Gasteiger partial charge on any atom is 0.236 e. The van der Waals surface area contributed by atoms with Gasteiger partial charge < -0.3 is 19.7 Å². The molecular weight excluding hydrogens is 366 g/mol. The van der Waals surface area contributed by atoms with Gasteiger partial charge in [0.05, 0.1) is 6.54 Å². The molecular formula is C21H37N7O. The first-order valence-corrected chi connectivity index (χ1v) is 11.1. The second-order valence-electron chi connectivity index (χ2n) is 8.05. The molecule has 0 spiro atoms. The first-order chi connectivity index (χ1) is 14.2. The Morgan fingerprint density at radius 1 is 1.07 bits per heavy atom. The fraction of sp³-hybridized carbons (Fsp3) is 0.762. The number of hydrogen-bond donors (Lipinski definition) is 1. The summed E-state index contributed by atoms with van der Waals surface area (Å²) in [6, 6.07) is 0. The molecule has 0 atom stereocenters. The minimum absolute atomic E-state index is 0.300. The molecule has 0 bridgehead atoms. The van der Waals surface area contributed by atoms with Crippen LogP contribution in [0.2, 0.25) is 0 Å². The molecule has 1 amide bonds. The summed E-state index contributed by atoms with van der Waals surface area (Å²) < 4.78 is 2.19. The number of piperidine rings is 1. The third-order valence-corrected chi connectivity index (χ3v) is 5.98. The molecule has 0 aromatic carbocycles. The molecule has 1 aromatic rings. The van der Waals surface area contributed by atoms with Crippen molar-refractivity contribution in [2.45, 2.75) is 45.6 Å². The zero-order valence-corrected chi connectivity index (χ0v) is 18.1. The highest BCUT2D eigenvalue weighted by Gasteiger charge is 2.23. The van der Waals surface area contributed by atoms with Crippen LogP contribution in [0.15, 0.2) is 17.4 Å². The van der Waals surface area contributed by atoms with Crippen LogP contribution in [-0.2, 0) is 11.3 Å². The van der Waals surface area contributed by atoms with Crippen LogP contribution in [0.4, 0.5) is 0 Å². The SMILES string of the molecule is CN=C(NCCCCn1ccnc1C)N1CCN(CC(=O)N2CCCCC2)CC1. The third kappa shape index (κ3) is 6.45. The first kappa shape index (κ1) is 21.6. The number of unbranched alkanes of at least 4 members (excludes halogenated alkanes) is 1. The molecule has 1 N–H and O–H groups in total. The number of aromatic nitrogens is 2. The first-order valence-electron chi connectivity index (χ1n) is 11.1. The van der Waals surface area contributed by atoms with Crippen molar-refractivity contribution in [3.8, 4) is 0 Å². The lowest BCUT2D eigenvalue weighted by Gasteiger charge is -2.37. The molecule has 8 nitrogen and oxygen atoms in total. The molecule has 29 heavy (non-hydrogen) atoms. The Labute approximate surface area is 175 Å². The largest absolute Gasteiger partial charge is 0.356 e. The molecule has 2 aliphatic rings. The number of rotatable bonds is 7. The predicted octanol–water partition coefficient (Wildman–Crippen LogP) is 1.18. The zero-order valence-electron chi connectivity index (χ0n) is 18.1. The molecule has 162 valence electrons. The second-order valence-corrected chi connectivity index (χ2v) is 8.05. The molecule has 0 aliphatic carbocycles. The van der Waals surface area contributed by atoms with Gasteiger partial charge in [-0.05, 0) is 39.0 Å². The number of guanidine groups is 1. The fourth-order valence-corrected chi connectivity index (χ4v) is 4.13. The normalized spacial score (nSPS) is 18.9. The highest BCUT2D eigenvalue weighted by atomic mass is 16.2. The van der Waals surface area contributed by atoms with Crippen LogP contribution < -0.4 is 5.32 Å². The summed E-state index contributed by atoms with van der Waals surface area (Å²) in [7, 11) is 1.85. The van der Waals surface area contributed by atoms with Gasteiger partial charge in [0.1, 0.15) is 5.82 Å². The molecule has 3 heterocycles. The van der Waals surface area contributed by atoms with E-state index in [1.165, 1.54) is 6.42 Å². The van der Waals surface area contributed by atoms with Crippen LogP contribution >= 0.6 is 0 Å². The van der Waals surface area contributed by atoms with Gasteiger partial charge in [-0.3, -0.25) is 14.7 Å². The van der Waals surface area contributed by atoms with E-state index in [9.17, 15) is 4.79 Å². The number of carbonyl (C=O) groups is 1. The summed E-state index contributed by atoms with van der Waals surface area (Å²) in [6.45, 7) is 10.1. The number of nitrogens with zero attached hydrogens (tertiary/aromatic N) is 6. The van der Waals surface area contributed by atoms with Crippen molar-refractivity contribution in [3.63, 3.8) is 0 Å². The van der Waals surface area contributed by atoms with Crippen LogP contribution in [0.1, 0.15) is 37.9 Å². The Bertz CT molecular complexity index is 658. The van der Waals surface area contributed by atoms with Crippen LogP contribution in [0.25, 0.3) is 0 Å². The van der Waals surface area contributed by atoms with Gasteiger partial charge in [0.2, 0.25) is 5.91 Å². The van der Waals surface area contributed by atoms with Crippen molar-refractivity contribution < 1.29 is 4.79 Å². The summed E-state index contributed by atoms with van der Waals surface area (Å²) in [5.41, 5.74) is 0. The molecule has 1 aromatic heterocycles. The Hall–Kier alpha value is -2.09. The number of imidazole rings is 1. The number of hydrogen-bond acceptors (Lipinski definition) is 4. The summed E-state index contributed by atoms with van der Waals surface area (Å²) in [4.78, 5) is 27.8. The Morgan fingerprint density at radius 3 is 2.48 bits per heavy atom. The molecule has 8 heteroatoms. The highest BCUT2D eigenvalue weighted by molar-refractivity contribution is 5.80. The predicted molar refractivity (Wildman–Crippen MR) is 116 cm³/mol. The lowest BCUT2D eigenvalue weighted by atomic mass is 10.1. The van der Waals surface area contributed by atoms with Crippen LogP contribution in [0.5, 0.6) is 0 Å². The highest BCUT2D eigenvalue weighted by Crippen LogP contribution is 2.10. The number of carbonyl (C=O) groups excluding carboxylic acids is 1. The van der Waals surface area contributed by atoms with Gasteiger partial charge in [-0.25, -0.2) is 4.98 Å². The Morgan fingerprint density at radius 2 is 1.83 bits per heavy atom.